The van der Waals surface area contributed by atoms with Crippen LogP contribution in [0.5, 0.6) is 0 Å². The van der Waals surface area contributed by atoms with E-state index >= 15 is 0 Å². The number of hydrogen-bond acceptors (Lipinski definition) is 2. The molecule has 1 amide bonds. The summed E-state index contributed by atoms with van der Waals surface area (Å²) in [6.07, 6.45) is 2.08. The van der Waals surface area contributed by atoms with E-state index < -0.39 is 0 Å². The smallest absolute Gasteiger partial charge is 0.239 e. The second-order valence-corrected chi connectivity index (χ2v) is 6.55. The summed E-state index contributed by atoms with van der Waals surface area (Å²) < 4.78 is 0. The second-order valence-electron chi connectivity index (χ2n) is 6.55. The van der Waals surface area contributed by atoms with Gasteiger partial charge in [-0.1, -0.05) is 41.0 Å². The molecule has 0 spiro atoms. The topological polar surface area (TPSA) is 46.3 Å². The maximum absolute atomic E-state index is 12.2. The van der Waals surface area contributed by atoms with Crippen LogP contribution in [0, 0.1) is 17.3 Å². The second kappa shape index (κ2) is 5.38. The predicted octanol–water partition coefficient (Wildman–Crippen LogP) is 2.25. The van der Waals surface area contributed by atoms with Gasteiger partial charge in [-0.3, -0.25) is 4.79 Å². The van der Waals surface area contributed by atoms with Crippen molar-refractivity contribution in [1.29, 1.82) is 0 Å². The van der Waals surface area contributed by atoms with E-state index in [2.05, 4.69) is 34.6 Å². The average molecular weight is 240 g/mol. The molecule has 17 heavy (non-hydrogen) atoms. The summed E-state index contributed by atoms with van der Waals surface area (Å²) in [5.41, 5.74) is 6.30. The molecule has 1 aliphatic heterocycles. The van der Waals surface area contributed by atoms with Gasteiger partial charge in [0.05, 0.1) is 6.04 Å². The van der Waals surface area contributed by atoms with Gasteiger partial charge in [0.1, 0.15) is 0 Å². The lowest BCUT2D eigenvalue weighted by molar-refractivity contribution is -0.132. The molecule has 1 heterocycles. The van der Waals surface area contributed by atoms with Crippen LogP contribution < -0.4 is 5.73 Å². The summed E-state index contributed by atoms with van der Waals surface area (Å²) in [6, 6.07) is -0.321. The van der Waals surface area contributed by atoms with E-state index in [9.17, 15) is 4.79 Å². The molecular weight excluding hydrogens is 212 g/mol. The van der Waals surface area contributed by atoms with Gasteiger partial charge >= 0.3 is 0 Å². The standard InChI is InChI=1S/C14H28N2O/c1-6-10(2)12(15)13(17)16-8-7-11(9-16)14(3,4)5/h10-12H,6-9,15H2,1-5H3/t10?,11?,12-/m0/s1. The van der Waals surface area contributed by atoms with Gasteiger partial charge in [0.15, 0.2) is 0 Å². The molecule has 0 radical (unpaired) electrons. The first kappa shape index (κ1) is 14.5. The van der Waals surface area contributed by atoms with E-state index in [0.29, 0.717) is 5.92 Å². The van der Waals surface area contributed by atoms with Crippen LogP contribution in [-0.4, -0.2) is 29.9 Å². The molecule has 0 aromatic carbocycles. The van der Waals surface area contributed by atoms with Crippen LogP contribution >= 0.6 is 0 Å². The van der Waals surface area contributed by atoms with Gasteiger partial charge in [0.25, 0.3) is 0 Å². The van der Waals surface area contributed by atoms with Crippen molar-refractivity contribution < 1.29 is 4.79 Å². The Morgan fingerprint density at radius 3 is 2.47 bits per heavy atom. The van der Waals surface area contributed by atoms with Crippen molar-refractivity contribution in [2.75, 3.05) is 13.1 Å². The molecule has 0 saturated carbocycles. The summed E-state index contributed by atoms with van der Waals surface area (Å²) in [5.74, 6) is 1.03. The number of carbonyl (C=O) groups is 1. The van der Waals surface area contributed by atoms with Crippen LogP contribution in [0.25, 0.3) is 0 Å². The summed E-state index contributed by atoms with van der Waals surface area (Å²) >= 11 is 0. The van der Waals surface area contributed by atoms with Gasteiger partial charge in [-0.2, -0.15) is 0 Å². The minimum absolute atomic E-state index is 0.145. The maximum atomic E-state index is 12.2. The number of carbonyl (C=O) groups excluding carboxylic acids is 1. The number of likely N-dealkylation sites (tertiary alicyclic amines) is 1. The van der Waals surface area contributed by atoms with Crippen molar-refractivity contribution in [1.82, 2.24) is 4.90 Å². The minimum Gasteiger partial charge on any atom is -0.341 e. The van der Waals surface area contributed by atoms with Crippen LogP contribution in [0.1, 0.15) is 47.5 Å². The summed E-state index contributed by atoms with van der Waals surface area (Å²) in [5, 5.41) is 0. The molecule has 0 bridgehead atoms. The van der Waals surface area contributed by atoms with Gasteiger partial charge in [-0.25, -0.2) is 0 Å². The van der Waals surface area contributed by atoms with Gasteiger partial charge in [0, 0.05) is 13.1 Å². The first-order valence-electron chi connectivity index (χ1n) is 6.81. The molecule has 1 fully saturated rings. The largest absolute Gasteiger partial charge is 0.341 e. The van der Waals surface area contributed by atoms with Crippen LogP contribution in [0.3, 0.4) is 0 Å². The summed E-state index contributed by atoms with van der Waals surface area (Å²) in [4.78, 5) is 14.2. The molecule has 1 rings (SSSR count). The SMILES string of the molecule is CCC(C)[C@H](N)C(=O)N1CCC(C(C)(C)C)C1. The van der Waals surface area contributed by atoms with Crippen LogP contribution in [0.4, 0.5) is 0 Å². The lowest BCUT2D eigenvalue weighted by Crippen LogP contribution is -2.46. The van der Waals surface area contributed by atoms with Crippen molar-refractivity contribution in [2.45, 2.75) is 53.5 Å². The van der Waals surface area contributed by atoms with Crippen molar-refractivity contribution in [3.63, 3.8) is 0 Å². The Hall–Kier alpha value is -0.570. The number of nitrogens with zero attached hydrogens (tertiary/aromatic N) is 1. The van der Waals surface area contributed by atoms with Crippen LogP contribution in [0.2, 0.25) is 0 Å². The fourth-order valence-electron chi connectivity index (χ4n) is 2.38. The monoisotopic (exact) mass is 240 g/mol. The third-order valence-electron chi connectivity index (χ3n) is 4.27. The van der Waals surface area contributed by atoms with Gasteiger partial charge < -0.3 is 10.6 Å². The van der Waals surface area contributed by atoms with Gasteiger partial charge in [-0.15, -0.1) is 0 Å². The summed E-state index contributed by atoms with van der Waals surface area (Å²) in [6.45, 7) is 12.7. The molecule has 0 aromatic rings. The van der Waals surface area contributed by atoms with Crippen molar-refractivity contribution in [2.24, 2.45) is 23.0 Å². The molecule has 2 N–H and O–H groups in total. The molecule has 100 valence electrons. The Morgan fingerprint density at radius 1 is 1.47 bits per heavy atom. The number of hydrogen-bond donors (Lipinski definition) is 1. The Labute approximate surface area is 106 Å². The van der Waals surface area contributed by atoms with Gasteiger partial charge in [0.2, 0.25) is 5.91 Å². The number of nitrogens with two attached hydrogens (primary N) is 1. The molecule has 3 nitrogen and oxygen atoms in total. The normalized spacial score (nSPS) is 24.8. The van der Waals surface area contributed by atoms with E-state index in [1.807, 2.05) is 4.90 Å². The first-order valence-corrected chi connectivity index (χ1v) is 6.81. The Balaban J connectivity index is 2.57. The third-order valence-corrected chi connectivity index (χ3v) is 4.27. The fourth-order valence-corrected chi connectivity index (χ4v) is 2.38. The Bertz CT molecular complexity index is 270. The Morgan fingerprint density at radius 2 is 2.06 bits per heavy atom. The first-order chi connectivity index (χ1) is 7.77. The Kier molecular flexibility index (Phi) is 4.59. The lowest BCUT2D eigenvalue weighted by Gasteiger charge is -2.28. The maximum Gasteiger partial charge on any atom is 0.239 e. The van der Waals surface area contributed by atoms with E-state index in [-0.39, 0.29) is 23.3 Å². The average Bonchev–Trinajstić information content (AvgIpc) is 2.74. The molecule has 3 atom stereocenters. The highest BCUT2D eigenvalue weighted by molar-refractivity contribution is 5.82. The highest BCUT2D eigenvalue weighted by Gasteiger charge is 2.35. The minimum atomic E-state index is -0.321. The molecular formula is C14H28N2O. The molecule has 2 unspecified atom stereocenters. The van der Waals surface area contributed by atoms with Crippen molar-refractivity contribution in [3.8, 4) is 0 Å². The lowest BCUT2D eigenvalue weighted by atomic mass is 9.80. The van der Waals surface area contributed by atoms with Crippen LogP contribution in [0.15, 0.2) is 0 Å². The zero-order valence-electron chi connectivity index (χ0n) is 12.0. The zero-order chi connectivity index (χ0) is 13.2. The predicted molar refractivity (Wildman–Crippen MR) is 71.6 cm³/mol. The van der Waals surface area contributed by atoms with Crippen molar-refractivity contribution in [3.05, 3.63) is 0 Å². The molecule has 0 aromatic heterocycles. The highest BCUT2D eigenvalue weighted by atomic mass is 16.2. The van der Waals surface area contributed by atoms with E-state index in [0.717, 1.165) is 25.9 Å². The van der Waals surface area contributed by atoms with E-state index in [4.69, 9.17) is 5.73 Å². The van der Waals surface area contributed by atoms with Crippen LogP contribution in [-0.2, 0) is 4.79 Å². The third kappa shape index (κ3) is 3.44. The van der Waals surface area contributed by atoms with E-state index in [1.54, 1.807) is 0 Å². The molecule has 1 saturated heterocycles. The molecule has 0 aliphatic carbocycles. The van der Waals surface area contributed by atoms with Crippen molar-refractivity contribution >= 4 is 5.91 Å². The molecule has 1 aliphatic rings. The van der Waals surface area contributed by atoms with E-state index in [1.165, 1.54) is 0 Å². The summed E-state index contributed by atoms with van der Waals surface area (Å²) in [7, 11) is 0. The molecule has 3 heteroatoms. The zero-order valence-corrected chi connectivity index (χ0v) is 12.0. The van der Waals surface area contributed by atoms with Gasteiger partial charge in [-0.05, 0) is 23.7 Å². The number of amides is 1. The highest BCUT2D eigenvalue weighted by Crippen LogP contribution is 2.33. The fraction of sp³-hybridized carbons (Fsp3) is 0.929. The quantitative estimate of drug-likeness (QED) is 0.822. The number of rotatable bonds is 3.